The maximum atomic E-state index is 12.5. The van der Waals surface area contributed by atoms with Crippen LogP contribution in [0.15, 0.2) is 24.3 Å². The summed E-state index contributed by atoms with van der Waals surface area (Å²) in [5.41, 5.74) is 0.294. The van der Waals surface area contributed by atoms with Crippen LogP contribution in [0.3, 0.4) is 0 Å². The average Bonchev–Trinajstić information content (AvgIpc) is 2.48. The van der Waals surface area contributed by atoms with Crippen LogP contribution in [0.25, 0.3) is 0 Å². The number of nitrogens with zero attached hydrogens (tertiary/aromatic N) is 1. The number of alkyl halides is 2. The van der Waals surface area contributed by atoms with Gasteiger partial charge in [-0.05, 0) is 24.9 Å². The monoisotopic (exact) mass is 376 g/mol. The number of aliphatic carboxylic acids is 1. The van der Waals surface area contributed by atoms with Gasteiger partial charge in [0.15, 0.2) is 0 Å². The molecule has 0 amide bonds. The van der Waals surface area contributed by atoms with Gasteiger partial charge in [-0.3, -0.25) is 9.69 Å². The van der Waals surface area contributed by atoms with Crippen LogP contribution in [0.1, 0.15) is 37.3 Å². The third-order valence-corrected chi connectivity index (χ3v) is 5.71. The molecule has 0 unspecified atom stereocenters. The van der Waals surface area contributed by atoms with Crippen molar-refractivity contribution in [1.82, 2.24) is 9.62 Å². The van der Waals surface area contributed by atoms with Crippen molar-refractivity contribution < 1.29 is 27.1 Å². The zero-order valence-corrected chi connectivity index (χ0v) is 14.7. The van der Waals surface area contributed by atoms with E-state index < -0.39 is 22.4 Å². The highest BCUT2D eigenvalue weighted by Gasteiger charge is 2.35. The van der Waals surface area contributed by atoms with Crippen molar-refractivity contribution in [1.29, 1.82) is 0 Å². The van der Waals surface area contributed by atoms with Gasteiger partial charge in [0.2, 0.25) is 10.0 Å². The second-order valence-electron chi connectivity index (χ2n) is 6.20. The van der Waals surface area contributed by atoms with Crippen molar-refractivity contribution in [2.24, 2.45) is 0 Å². The number of carboxylic acids is 1. The molecular formula is C16H22F2N2O4S. The molecule has 0 radical (unpaired) electrons. The highest BCUT2D eigenvalue weighted by Crippen LogP contribution is 2.26. The number of nitrogens with one attached hydrogen (secondary N) is 1. The maximum Gasteiger partial charge on any atom is 0.317 e. The standard InChI is InChI=1S/C16H22F2N2O4S/c1-2-20(9-15(21)22)14-7-13(8-14)19-25(23,24)10-11-3-5-12(6-4-11)16(17)18/h3-6,13-14,16,19H,2,7-10H2,1H3,(H,21,22). The summed E-state index contributed by atoms with van der Waals surface area (Å²) >= 11 is 0. The fourth-order valence-corrected chi connectivity index (χ4v) is 4.34. The fourth-order valence-electron chi connectivity index (χ4n) is 2.93. The molecule has 25 heavy (non-hydrogen) atoms. The summed E-state index contributed by atoms with van der Waals surface area (Å²) in [4.78, 5) is 12.6. The molecule has 0 spiro atoms. The molecule has 1 aromatic rings. The van der Waals surface area contributed by atoms with Gasteiger partial charge in [0.25, 0.3) is 6.43 Å². The van der Waals surface area contributed by atoms with Gasteiger partial charge in [0, 0.05) is 17.6 Å². The van der Waals surface area contributed by atoms with Crippen molar-refractivity contribution in [2.45, 2.75) is 44.0 Å². The zero-order valence-electron chi connectivity index (χ0n) is 13.9. The summed E-state index contributed by atoms with van der Waals surface area (Å²) in [5.74, 6) is -1.18. The number of benzene rings is 1. The van der Waals surface area contributed by atoms with Crippen molar-refractivity contribution in [3.8, 4) is 0 Å². The first-order valence-electron chi connectivity index (χ1n) is 8.03. The fraction of sp³-hybridized carbons (Fsp3) is 0.562. The van der Waals surface area contributed by atoms with Crippen molar-refractivity contribution in [3.05, 3.63) is 35.4 Å². The summed E-state index contributed by atoms with van der Waals surface area (Å²) in [5, 5.41) is 8.85. The van der Waals surface area contributed by atoms with Crippen LogP contribution < -0.4 is 4.72 Å². The minimum absolute atomic E-state index is 0.0547. The number of sulfonamides is 1. The van der Waals surface area contributed by atoms with Gasteiger partial charge in [0.05, 0.1) is 12.3 Å². The lowest BCUT2D eigenvalue weighted by Gasteiger charge is -2.42. The summed E-state index contributed by atoms with van der Waals surface area (Å²) < 4.78 is 52.0. The van der Waals surface area contributed by atoms with Crippen LogP contribution in [0, 0.1) is 0 Å². The molecule has 2 rings (SSSR count). The topological polar surface area (TPSA) is 86.7 Å². The van der Waals surface area contributed by atoms with Gasteiger partial charge in [-0.15, -0.1) is 0 Å². The SMILES string of the molecule is CCN(CC(=O)O)C1CC(NS(=O)(=O)Cc2ccc(C(F)F)cc2)C1. The normalized spacial score (nSPS) is 20.7. The average molecular weight is 376 g/mol. The van der Waals surface area contributed by atoms with Gasteiger partial charge in [-0.2, -0.15) is 0 Å². The van der Waals surface area contributed by atoms with Gasteiger partial charge in [0.1, 0.15) is 0 Å². The Labute approximate surface area is 145 Å². The van der Waals surface area contributed by atoms with Crippen molar-refractivity contribution in [3.63, 3.8) is 0 Å². The van der Waals surface area contributed by atoms with E-state index in [1.807, 2.05) is 6.92 Å². The molecule has 0 aliphatic heterocycles. The lowest BCUT2D eigenvalue weighted by Crippen LogP contribution is -2.54. The molecule has 0 atom stereocenters. The van der Waals surface area contributed by atoms with E-state index in [4.69, 9.17) is 5.11 Å². The largest absolute Gasteiger partial charge is 0.480 e. The first-order valence-corrected chi connectivity index (χ1v) is 9.68. The summed E-state index contributed by atoms with van der Waals surface area (Å²) in [6.45, 7) is 2.40. The Morgan fingerprint density at radius 1 is 1.32 bits per heavy atom. The molecule has 140 valence electrons. The number of carbonyl (C=O) groups is 1. The zero-order chi connectivity index (χ0) is 18.6. The van der Waals surface area contributed by atoms with E-state index in [2.05, 4.69) is 4.72 Å². The number of halogens is 2. The first-order chi connectivity index (χ1) is 11.7. The van der Waals surface area contributed by atoms with Gasteiger partial charge < -0.3 is 5.11 Å². The Morgan fingerprint density at radius 3 is 2.40 bits per heavy atom. The number of likely N-dealkylation sites (N-methyl/N-ethyl adjacent to an activating group) is 1. The first kappa shape index (κ1) is 19.7. The molecular weight excluding hydrogens is 354 g/mol. The Morgan fingerprint density at radius 2 is 1.92 bits per heavy atom. The van der Waals surface area contributed by atoms with Crippen LogP contribution in [0.5, 0.6) is 0 Å². The number of hydrogen-bond donors (Lipinski definition) is 2. The molecule has 0 aromatic heterocycles. The van der Waals surface area contributed by atoms with Gasteiger partial charge in [-0.1, -0.05) is 31.2 Å². The molecule has 1 saturated carbocycles. The molecule has 1 fully saturated rings. The second kappa shape index (κ2) is 8.20. The Kier molecular flexibility index (Phi) is 6.47. The third-order valence-electron chi connectivity index (χ3n) is 4.31. The van der Waals surface area contributed by atoms with E-state index in [0.29, 0.717) is 24.9 Å². The van der Waals surface area contributed by atoms with E-state index in [1.54, 1.807) is 4.90 Å². The summed E-state index contributed by atoms with van der Waals surface area (Å²) in [7, 11) is -3.58. The molecule has 1 aliphatic carbocycles. The Bertz CT molecular complexity index is 689. The van der Waals surface area contributed by atoms with Crippen LogP contribution >= 0.6 is 0 Å². The highest BCUT2D eigenvalue weighted by molar-refractivity contribution is 7.88. The maximum absolute atomic E-state index is 12.5. The highest BCUT2D eigenvalue weighted by atomic mass is 32.2. The quantitative estimate of drug-likeness (QED) is 0.688. The van der Waals surface area contributed by atoms with Crippen LogP contribution in [0.4, 0.5) is 8.78 Å². The molecule has 0 heterocycles. The van der Waals surface area contributed by atoms with Gasteiger partial charge >= 0.3 is 5.97 Å². The predicted molar refractivity (Wildman–Crippen MR) is 88.9 cm³/mol. The second-order valence-corrected chi connectivity index (χ2v) is 7.95. The molecule has 6 nitrogen and oxygen atoms in total. The Balaban J connectivity index is 1.85. The minimum Gasteiger partial charge on any atom is -0.480 e. The summed E-state index contributed by atoms with van der Waals surface area (Å²) in [6.07, 6.45) is -1.46. The molecule has 0 saturated heterocycles. The Hall–Kier alpha value is -1.58. The predicted octanol–water partition coefficient (Wildman–Crippen LogP) is 1.98. The van der Waals surface area contributed by atoms with Gasteiger partial charge in [-0.25, -0.2) is 21.9 Å². The van der Waals surface area contributed by atoms with Crippen molar-refractivity contribution in [2.75, 3.05) is 13.1 Å². The summed E-state index contributed by atoms with van der Waals surface area (Å²) in [6, 6.07) is 5.04. The lowest BCUT2D eigenvalue weighted by atomic mass is 9.86. The van der Waals surface area contributed by atoms with Crippen LogP contribution in [0.2, 0.25) is 0 Å². The molecule has 0 bridgehead atoms. The third kappa shape index (κ3) is 5.72. The smallest absolute Gasteiger partial charge is 0.317 e. The van der Waals surface area contributed by atoms with E-state index in [-0.39, 0.29) is 29.9 Å². The minimum atomic E-state index is -3.58. The van der Waals surface area contributed by atoms with E-state index in [1.165, 1.54) is 24.3 Å². The molecule has 9 heteroatoms. The van der Waals surface area contributed by atoms with E-state index >= 15 is 0 Å². The van der Waals surface area contributed by atoms with E-state index in [9.17, 15) is 22.0 Å². The molecule has 1 aliphatic rings. The van der Waals surface area contributed by atoms with Crippen LogP contribution in [-0.2, 0) is 20.6 Å². The number of hydrogen-bond acceptors (Lipinski definition) is 4. The molecule has 2 N–H and O–H groups in total. The number of rotatable bonds is 9. The van der Waals surface area contributed by atoms with Crippen molar-refractivity contribution >= 4 is 16.0 Å². The van der Waals surface area contributed by atoms with E-state index in [0.717, 1.165) is 0 Å². The van der Waals surface area contributed by atoms with Crippen LogP contribution in [-0.4, -0.2) is 49.6 Å². The molecule has 1 aromatic carbocycles. The number of carboxylic acid groups (broad SMARTS) is 1. The lowest BCUT2D eigenvalue weighted by molar-refractivity contribution is -0.139.